The second kappa shape index (κ2) is 3.57. The predicted octanol–water partition coefficient (Wildman–Crippen LogP) is -1.38. The van der Waals surface area contributed by atoms with E-state index in [0.29, 0.717) is 13.0 Å². The number of carbonyl (C=O) groups excluding carboxylic acids is 2. The minimum atomic E-state index is -0.898. The fourth-order valence-corrected chi connectivity index (χ4v) is 1.48. The highest BCUT2D eigenvalue weighted by Gasteiger charge is 2.38. The summed E-state index contributed by atoms with van der Waals surface area (Å²) < 4.78 is 0. The summed E-state index contributed by atoms with van der Waals surface area (Å²) in [5.41, 5.74) is 5.04. The lowest BCUT2D eigenvalue weighted by atomic mass is 10.1. The molecule has 72 valence electrons. The van der Waals surface area contributed by atoms with Gasteiger partial charge in [0, 0.05) is 6.54 Å². The third-order valence-corrected chi connectivity index (χ3v) is 2.12. The molecule has 1 heterocycles. The van der Waals surface area contributed by atoms with E-state index in [1.54, 1.807) is 0 Å². The summed E-state index contributed by atoms with van der Waals surface area (Å²) in [5.74, 6) is -1.06. The minimum absolute atomic E-state index is 0.347. The maximum Gasteiger partial charge on any atom is 0.246 e. The maximum atomic E-state index is 11.2. The summed E-state index contributed by atoms with van der Waals surface area (Å²) in [6.07, 6.45) is 0.641. The SMILES string of the molecule is C=CC(=O)N1CCC(O)C1C(N)=O. The first-order chi connectivity index (χ1) is 6.07. The van der Waals surface area contributed by atoms with Crippen molar-refractivity contribution >= 4 is 11.8 Å². The third-order valence-electron chi connectivity index (χ3n) is 2.12. The van der Waals surface area contributed by atoms with Crippen molar-refractivity contribution in [3.63, 3.8) is 0 Å². The van der Waals surface area contributed by atoms with E-state index in [9.17, 15) is 14.7 Å². The average Bonchev–Trinajstić information content (AvgIpc) is 2.45. The van der Waals surface area contributed by atoms with E-state index in [2.05, 4.69) is 6.58 Å². The van der Waals surface area contributed by atoms with Crippen molar-refractivity contribution < 1.29 is 14.7 Å². The molecule has 5 nitrogen and oxygen atoms in total. The number of aliphatic hydroxyl groups is 1. The molecule has 0 aromatic rings. The largest absolute Gasteiger partial charge is 0.390 e. The molecule has 2 atom stereocenters. The van der Waals surface area contributed by atoms with Crippen LogP contribution in [0.3, 0.4) is 0 Å². The minimum Gasteiger partial charge on any atom is -0.390 e. The highest BCUT2D eigenvalue weighted by molar-refractivity contribution is 5.93. The van der Waals surface area contributed by atoms with E-state index < -0.39 is 18.1 Å². The molecule has 0 spiro atoms. The van der Waals surface area contributed by atoms with Gasteiger partial charge in [-0.3, -0.25) is 9.59 Å². The number of aliphatic hydroxyl groups excluding tert-OH is 1. The molecule has 0 aromatic heterocycles. The van der Waals surface area contributed by atoms with Crippen molar-refractivity contribution in [3.8, 4) is 0 Å². The summed E-state index contributed by atoms with van der Waals surface area (Å²) >= 11 is 0. The molecule has 3 N–H and O–H groups in total. The maximum absolute atomic E-state index is 11.2. The number of rotatable bonds is 2. The van der Waals surface area contributed by atoms with Gasteiger partial charge in [-0.1, -0.05) is 6.58 Å². The van der Waals surface area contributed by atoms with Crippen molar-refractivity contribution in [2.45, 2.75) is 18.6 Å². The number of nitrogens with zero attached hydrogens (tertiary/aromatic N) is 1. The van der Waals surface area contributed by atoms with Crippen LogP contribution >= 0.6 is 0 Å². The summed E-state index contributed by atoms with van der Waals surface area (Å²) in [6.45, 7) is 3.65. The monoisotopic (exact) mass is 184 g/mol. The van der Waals surface area contributed by atoms with Gasteiger partial charge in [-0.2, -0.15) is 0 Å². The van der Waals surface area contributed by atoms with Gasteiger partial charge in [-0.05, 0) is 12.5 Å². The molecule has 2 unspecified atom stereocenters. The summed E-state index contributed by atoms with van der Waals surface area (Å²) in [6, 6.07) is -0.898. The van der Waals surface area contributed by atoms with Gasteiger partial charge in [0.25, 0.3) is 0 Å². The Morgan fingerprint density at radius 3 is 2.69 bits per heavy atom. The van der Waals surface area contributed by atoms with Crippen LogP contribution in [-0.4, -0.2) is 40.5 Å². The van der Waals surface area contributed by atoms with Crippen molar-refractivity contribution in [3.05, 3.63) is 12.7 Å². The first-order valence-corrected chi connectivity index (χ1v) is 3.98. The molecule has 1 fully saturated rings. The Balaban J connectivity index is 2.81. The van der Waals surface area contributed by atoms with E-state index in [4.69, 9.17) is 5.73 Å². The van der Waals surface area contributed by atoms with Gasteiger partial charge in [0.2, 0.25) is 11.8 Å². The van der Waals surface area contributed by atoms with Gasteiger partial charge in [0.15, 0.2) is 0 Å². The quantitative estimate of drug-likeness (QED) is 0.519. The molecule has 1 aliphatic heterocycles. The van der Waals surface area contributed by atoms with Crippen LogP contribution in [0, 0.1) is 0 Å². The number of carbonyl (C=O) groups is 2. The molecule has 0 aromatic carbocycles. The third kappa shape index (κ3) is 1.70. The van der Waals surface area contributed by atoms with E-state index in [-0.39, 0.29) is 5.91 Å². The fourth-order valence-electron chi connectivity index (χ4n) is 1.48. The van der Waals surface area contributed by atoms with Crippen LogP contribution in [0.1, 0.15) is 6.42 Å². The van der Waals surface area contributed by atoms with Gasteiger partial charge in [-0.15, -0.1) is 0 Å². The molecule has 0 bridgehead atoms. The first-order valence-electron chi connectivity index (χ1n) is 3.98. The molecule has 0 radical (unpaired) electrons. The number of nitrogens with two attached hydrogens (primary N) is 1. The second-order valence-corrected chi connectivity index (χ2v) is 2.94. The Bertz CT molecular complexity index is 252. The average molecular weight is 184 g/mol. The molecule has 0 aliphatic carbocycles. The van der Waals surface area contributed by atoms with Crippen LogP contribution in [0.25, 0.3) is 0 Å². The number of likely N-dealkylation sites (tertiary alicyclic amines) is 1. The Morgan fingerprint density at radius 1 is 1.62 bits per heavy atom. The summed E-state index contributed by atoms with van der Waals surface area (Å²) in [4.78, 5) is 23.3. The van der Waals surface area contributed by atoms with Crippen LogP contribution in [0.4, 0.5) is 0 Å². The molecule has 1 aliphatic rings. The van der Waals surface area contributed by atoms with Crippen molar-refractivity contribution in [1.29, 1.82) is 0 Å². The lowest BCUT2D eigenvalue weighted by Crippen LogP contribution is -2.47. The van der Waals surface area contributed by atoms with Gasteiger partial charge < -0.3 is 15.7 Å². The van der Waals surface area contributed by atoms with Gasteiger partial charge >= 0.3 is 0 Å². The lowest BCUT2D eigenvalue weighted by Gasteiger charge is -2.21. The van der Waals surface area contributed by atoms with E-state index in [1.807, 2.05) is 0 Å². The number of primary amides is 1. The fraction of sp³-hybridized carbons (Fsp3) is 0.500. The zero-order valence-corrected chi connectivity index (χ0v) is 7.14. The van der Waals surface area contributed by atoms with Crippen molar-refractivity contribution in [2.24, 2.45) is 5.73 Å². The van der Waals surface area contributed by atoms with Crippen molar-refractivity contribution in [1.82, 2.24) is 4.90 Å². The van der Waals surface area contributed by atoms with Gasteiger partial charge in [-0.25, -0.2) is 0 Å². The first kappa shape index (κ1) is 9.73. The molecule has 13 heavy (non-hydrogen) atoms. The van der Waals surface area contributed by atoms with Crippen LogP contribution in [0.5, 0.6) is 0 Å². The number of amides is 2. The van der Waals surface area contributed by atoms with Crippen LogP contribution < -0.4 is 5.73 Å². The molecule has 0 saturated carbocycles. The van der Waals surface area contributed by atoms with E-state index in [0.717, 1.165) is 6.08 Å². The van der Waals surface area contributed by atoms with E-state index >= 15 is 0 Å². The highest BCUT2D eigenvalue weighted by atomic mass is 16.3. The van der Waals surface area contributed by atoms with Crippen molar-refractivity contribution in [2.75, 3.05) is 6.54 Å². The number of hydrogen-bond donors (Lipinski definition) is 2. The van der Waals surface area contributed by atoms with Crippen LogP contribution in [0.2, 0.25) is 0 Å². The molecule has 5 heteroatoms. The highest BCUT2D eigenvalue weighted by Crippen LogP contribution is 2.17. The smallest absolute Gasteiger partial charge is 0.246 e. The zero-order valence-electron chi connectivity index (χ0n) is 7.14. The van der Waals surface area contributed by atoms with Crippen LogP contribution in [-0.2, 0) is 9.59 Å². The standard InChI is InChI=1S/C8H12N2O3/c1-2-6(12)10-4-3-5(11)7(10)8(9)13/h2,5,7,11H,1,3-4H2,(H2,9,13). The molecule has 1 rings (SSSR count). The number of hydrogen-bond acceptors (Lipinski definition) is 3. The molecular weight excluding hydrogens is 172 g/mol. The molecular formula is C8H12N2O3. The van der Waals surface area contributed by atoms with Gasteiger partial charge in [0.1, 0.15) is 6.04 Å². The topological polar surface area (TPSA) is 83.6 Å². The molecule has 1 saturated heterocycles. The van der Waals surface area contributed by atoms with E-state index in [1.165, 1.54) is 4.90 Å². The lowest BCUT2D eigenvalue weighted by molar-refractivity contribution is -0.135. The summed E-state index contributed by atoms with van der Waals surface area (Å²) in [7, 11) is 0. The molecule has 2 amide bonds. The van der Waals surface area contributed by atoms with Crippen LogP contribution in [0.15, 0.2) is 12.7 Å². The second-order valence-electron chi connectivity index (χ2n) is 2.94. The zero-order chi connectivity index (χ0) is 10.0. The predicted molar refractivity (Wildman–Crippen MR) is 45.5 cm³/mol. The van der Waals surface area contributed by atoms with Gasteiger partial charge in [0.05, 0.1) is 6.10 Å². The Morgan fingerprint density at radius 2 is 2.23 bits per heavy atom. The summed E-state index contributed by atoms with van der Waals surface area (Å²) in [5, 5.41) is 9.35. The Labute approximate surface area is 75.8 Å². The normalized spacial score (nSPS) is 27.3. The Hall–Kier alpha value is -1.36. The Kier molecular flexibility index (Phi) is 2.67.